The Hall–Kier alpha value is -1.36. The number of carbonyl (C=O) groups excluding carboxylic acids is 1. The first kappa shape index (κ1) is 13.7. The molecule has 17 heavy (non-hydrogen) atoms. The number of nitrogens with one attached hydrogen (secondary N) is 1. The quantitative estimate of drug-likeness (QED) is 0.446. The van der Waals surface area contributed by atoms with Crippen molar-refractivity contribution in [3.63, 3.8) is 0 Å². The number of nitrogens with zero attached hydrogens (tertiary/aromatic N) is 2. The lowest BCUT2D eigenvalue weighted by atomic mass is 10.1. The molecule has 5 nitrogen and oxygen atoms in total. The van der Waals surface area contributed by atoms with Gasteiger partial charge in [0.25, 0.3) is 0 Å². The Morgan fingerprint density at radius 2 is 2.24 bits per heavy atom. The van der Waals surface area contributed by atoms with E-state index in [4.69, 9.17) is 5.84 Å². The van der Waals surface area contributed by atoms with E-state index >= 15 is 0 Å². The SMILES string of the molecule is CCc1cc(CC)n(C(C)CCC(=O)NN)n1. The third-order valence-corrected chi connectivity index (χ3v) is 2.96. The van der Waals surface area contributed by atoms with E-state index in [1.54, 1.807) is 0 Å². The van der Waals surface area contributed by atoms with E-state index in [0.29, 0.717) is 6.42 Å². The molecule has 3 N–H and O–H groups in total. The lowest BCUT2D eigenvalue weighted by molar-refractivity contribution is -0.121. The Morgan fingerprint density at radius 1 is 1.53 bits per heavy atom. The molecule has 1 aromatic heterocycles. The molecule has 0 aliphatic carbocycles. The fraction of sp³-hybridized carbons (Fsp3) is 0.667. The molecular formula is C12H22N4O. The zero-order chi connectivity index (χ0) is 12.8. The molecule has 0 saturated heterocycles. The second kappa shape index (κ2) is 6.39. The third-order valence-electron chi connectivity index (χ3n) is 2.96. The smallest absolute Gasteiger partial charge is 0.233 e. The Balaban J connectivity index is 2.70. The van der Waals surface area contributed by atoms with Crippen LogP contribution in [0.4, 0.5) is 0 Å². The summed E-state index contributed by atoms with van der Waals surface area (Å²) in [6.07, 6.45) is 3.08. The summed E-state index contributed by atoms with van der Waals surface area (Å²) < 4.78 is 2.03. The number of aryl methyl sites for hydroxylation is 2. The number of nitrogens with two attached hydrogens (primary N) is 1. The molecule has 0 fully saturated rings. The maximum absolute atomic E-state index is 11.1. The number of aromatic nitrogens is 2. The highest BCUT2D eigenvalue weighted by atomic mass is 16.2. The average Bonchev–Trinajstić information content (AvgIpc) is 2.78. The van der Waals surface area contributed by atoms with Crippen molar-refractivity contribution in [3.8, 4) is 0 Å². The van der Waals surface area contributed by atoms with Gasteiger partial charge in [0.15, 0.2) is 0 Å². The van der Waals surface area contributed by atoms with Crippen molar-refractivity contribution in [2.75, 3.05) is 0 Å². The molecule has 5 heteroatoms. The summed E-state index contributed by atoms with van der Waals surface area (Å²) in [5.41, 5.74) is 4.48. The van der Waals surface area contributed by atoms with Crippen molar-refractivity contribution in [3.05, 3.63) is 17.5 Å². The van der Waals surface area contributed by atoms with E-state index in [0.717, 1.165) is 25.0 Å². The molecule has 1 heterocycles. The van der Waals surface area contributed by atoms with E-state index in [-0.39, 0.29) is 11.9 Å². The van der Waals surface area contributed by atoms with E-state index < -0.39 is 0 Å². The van der Waals surface area contributed by atoms with Crippen LogP contribution in [0.1, 0.15) is 51.0 Å². The summed E-state index contributed by atoms with van der Waals surface area (Å²) in [6, 6.07) is 2.36. The Labute approximate surface area is 102 Å². The van der Waals surface area contributed by atoms with Crippen LogP contribution in [0.25, 0.3) is 0 Å². The van der Waals surface area contributed by atoms with Gasteiger partial charge in [-0.1, -0.05) is 13.8 Å². The molecule has 1 unspecified atom stereocenters. The minimum absolute atomic E-state index is 0.127. The van der Waals surface area contributed by atoms with Gasteiger partial charge in [0.1, 0.15) is 0 Å². The second-order valence-electron chi connectivity index (χ2n) is 4.23. The van der Waals surface area contributed by atoms with Crippen LogP contribution in [0.3, 0.4) is 0 Å². The summed E-state index contributed by atoms with van der Waals surface area (Å²) in [4.78, 5) is 11.1. The van der Waals surface area contributed by atoms with Gasteiger partial charge in [-0.15, -0.1) is 0 Å². The largest absolute Gasteiger partial charge is 0.294 e. The lowest BCUT2D eigenvalue weighted by Crippen LogP contribution is -2.30. The standard InChI is InChI=1S/C12H22N4O/c1-4-10-8-11(5-2)16(15-10)9(3)6-7-12(17)14-13/h8-9H,4-7,13H2,1-3H3,(H,14,17). The van der Waals surface area contributed by atoms with Crippen LogP contribution in [0.5, 0.6) is 0 Å². The average molecular weight is 238 g/mol. The maximum atomic E-state index is 11.1. The van der Waals surface area contributed by atoms with Crippen molar-refractivity contribution >= 4 is 5.91 Å². The summed E-state index contributed by atoms with van der Waals surface area (Å²) in [6.45, 7) is 6.29. The maximum Gasteiger partial charge on any atom is 0.233 e. The predicted molar refractivity (Wildman–Crippen MR) is 67.3 cm³/mol. The normalized spacial score (nSPS) is 12.5. The van der Waals surface area contributed by atoms with Crippen LogP contribution in [0.2, 0.25) is 0 Å². The van der Waals surface area contributed by atoms with Crippen molar-refractivity contribution in [1.29, 1.82) is 0 Å². The highest BCUT2D eigenvalue weighted by molar-refractivity contribution is 5.75. The first-order chi connectivity index (χ1) is 8.12. The molecule has 0 aromatic carbocycles. The van der Waals surface area contributed by atoms with Crippen LogP contribution in [0.15, 0.2) is 6.07 Å². The minimum atomic E-state index is -0.127. The molecule has 0 radical (unpaired) electrons. The minimum Gasteiger partial charge on any atom is -0.294 e. The Bertz CT molecular complexity index is 373. The van der Waals surface area contributed by atoms with Gasteiger partial charge in [0.2, 0.25) is 5.91 Å². The molecule has 1 amide bonds. The first-order valence-corrected chi connectivity index (χ1v) is 6.19. The lowest BCUT2D eigenvalue weighted by Gasteiger charge is -2.14. The van der Waals surface area contributed by atoms with Crippen LogP contribution in [-0.4, -0.2) is 15.7 Å². The van der Waals surface area contributed by atoms with Gasteiger partial charge >= 0.3 is 0 Å². The molecule has 0 saturated carbocycles. The molecule has 0 spiro atoms. The van der Waals surface area contributed by atoms with Crippen LogP contribution >= 0.6 is 0 Å². The highest BCUT2D eigenvalue weighted by Gasteiger charge is 2.13. The highest BCUT2D eigenvalue weighted by Crippen LogP contribution is 2.17. The van der Waals surface area contributed by atoms with Crippen molar-refractivity contribution in [1.82, 2.24) is 15.2 Å². The molecule has 0 aliphatic rings. The van der Waals surface area contributed by atoms with Crippen molar-refractivity contribution in [2.24, 2.45) is 5.84 Å². The molecule has 1 atom stereocenters. The fourth-order valence-corrected chi connectivity index (χ4v) is 1.84. The van der Waals surface area contributed by atoms with Gasteiger partial charge in [0.05, 0.1) is 5.69 Å². The van der Waals surface area contributed by atoms with E-state index in [2.05, 4.69) is 37.4 Å². The molecule has 0 aliphatic heterocycles. The van der Waals surface area contributed by atoms with Crippen LogP contribution in [0, 0.1) is 0 Å². The van der Waals surface area contributed by atoms with Gasteiger partial charge in [0, 0.05) is 18.2 Å². The van der Waals surface area contributed by atoms with E-state index in [9.17, 15) is 4.79 Å². The van der Waals surface area contributed by atoms with E-state index in [1.807, 2.05) is 4.68 Å². The third kappa shape index (κ3) is 3.56. The number of hydrogen-bond acceptors (Lipinski definition) is 3. The monoisotopic (exact) mass is 238 g/mol. The Morgan fingerprint density at radius 3 is 2.76 bits per heavy atom. The zero-order valence-electron chi connectivity index (χ0n) is 10.9. The number of hydrazine groups is 1. The van der Waals surface area contributed by atoms with Gasteiger partial charge in [-0.05, 0) is 32.3 Å². The number of rotatable bonds is 6. The molecular weight excluding hydrogens is 216 g/mol. The van der Waals surface area contributed by atoms with Crippen LogP contribution in [-0.2, 0) is 17.6 Å². The first-order valence-electron chi connectivity index (χ1n) is 6.19. The number of carbonyl (C=O) groups is 1. The molecule has 1 aromatic rings. The topological polar surface area (TPSA) is 72.9 Å². The molecule has 0 bridgehead atoms. The summed E-state index contributed by atoms with van der Waals surface area (Å²) >= 11 is 0. The number of hydrogen-bond donors (Lipinski definition) is 2. The van der Waals surface area contributed by atoms with E-state index in [1.165, 1.54) is 5.69 Å². The molecule has 1 rings (SSSR count). The second-order valence-corrected chi connectivity index (χ2v) is 4.23. The number of amides is 1. The summed E-state index contributed by atoms with van der Waals surface area (Å²) in [5.74, 6) is 4.93. The predicted octanol–water partition coefficient (Wildman–Crippen LogP) is 1.34. The van der Waals surface area contributed by atoms with Gasteiger partial charge < -0.3 is 0 Å². The van der Waals surface area contributed by atoms with Crippen LogP contribution < -0.4 is 11.3 Å². The Kier molecular flexibility index (Phi) is 5.15. The molecule has 96 valence electrons. The fourth-order valence-electron chi connectivity index (χ4n) is 1.84. The van der Waals surface area contributed by atoms with Gasteiger partial charge in [-0.3, -0.25) is 14.9 Å². The van der Waals surface area contributed by atoms with Crippen molar-refractivity contribution < 1.29 is 4.79 Å². The summed E-state index contributed by atoms with van der Waals surface area (Å²) in [5, 5.41) is 4.56. The van der Waals surface area contributed by atoms with Gasteiger partial charge in [-0.2, -0.15) is 5.10 Å². The summed E-state index contributed by atoms with van der Waals surface area (Å²) in [7, 11) is 0. The van der Waals surface area contributed by atoms with Crippen molar-refractivity contribution in [2.45, 2.75) is 52.5 Å². The zero-order valence-corrected chi connectivity index (χ0v) is 10.9. The van der Waals surface area contributed by atoms with Gasteiger partial charge in [-0.25, -0.2) is 5.84 Å².